The van der Waals surface area contributed by atoms with Gasteiger partial charge in [0.15, 0.2) is 0 Å². The van der Waals surface area contributed by atoms with Crippen molar-refractivity contribution in [2.24, 2.45) is 0 Å². The van der Waals surface area contributed by atoms with Gasteiger partial charge in [-0.3, -0.25) is 9.52 Å². The van der Waals surface area contributed by atoms with E-state index < -0.39 is 10.0 Å². The molecule has 3 N–H and O–H groups in total. The number of aryl methyl sites for hydroxylation is 2. The molecule has 9 heteroatoms. The van der Waals surface area contributed by atoms with E-state index in [1.54, 1.807) is 42.5 Å². The molecule has 3 aromatic carbocycles. The van der Waals surface area contributed by atoms with Crippen LogP contribution < -0.4 is 24.8 Å². The second-order valence-corrected chi connectivity index (χ2v) is 10.7. The molecule has 0 spiro atoms. The summed E-state index contributed by atoms with van der Waals surface area (Å²) in [5.74, 6) is 0.685. The highest BCUT2D eigenvalue weighted by Crippen LogP contribution is 2.33. The molecule has 0 aromatic heterocycles. The van der Waals surface area contributed by atoms with E-state index in [2.05, 4.69) is 15.4 Å². The van der Waals surface area contributed by atoms with Crippen molar-refractivity contribution in [1.29, 1.82) is 0 Å². The van der Waals surface area contributed by atoms with Gasteiger partial charge in [-0.2, -0.15) is 0 Å². The Hall–Kier alpha value is -3.72. The third-order valence-corrected chi connectivity index (χ3v) is 7.35. The zero-order chi connectivity index (χ0) is 27.2. The lowest BCUT2D eigenvalue weighted by Gasteiger charge is -2.19. The second kappa shape index (κ2) is 12.0. The molecule has 0 fully saturated rings. The first-order valence-electron chi connectivity index (χ1n) is 12.0. The van der Waals surface area contributed by atoms with Gasteiger partial charge in [0, 0.05) is 13.1 Å². The van der Waals surface area contributed by atoms with E-state index in [4.69, 9.17) is 9.47 Å². The van der Waals surface area contributed by atoms with E-state index in [9.17, 15) is 13.2 Å². The van der Waals surface area contributed by atoms with Gasteiger partial charge >= 0.3 is 0 Å². The minimum absolute atomic E-state index is 0.0832. The Labute approximate surface area is 219 Å². The van der Waals surface area contributed by atoms with Gasteiger partial charge in [-0.15, -0.1) is 0 Å². The lowest BCUT2D eigenvalue weighted by atomic mass is 9.98. The average Bonchev–Trinajstić information content (AvgIpc) is 2.87. The number of carbonyl (C=O) groups excluding carboxylic acids is 1. The van der Waals surface area contributed by atoms with Crippen LogP contribution in [-0.4, -0.2) is 41.6 Å². The SMILES string of the molecule is COc1ccccc1C(=O)NCCNc1cc(C)ccc1NS(=O)(=O)c1cc(C(C)C)c(C)cc1OC. The van der Waals surface area contributed by atoms with E-state index in [0.717, 1.165) is 16.7 Å². The van der Waals surface area contributed by atoms with Crippen molar-refractivity contribution < 1.29 is 22.7 Å². The largest absolute Gasteiger partial charge is 0.496 e. The number of nitrogens with one attached hydrogen (secondary N) is 3. The Morgan fingerprint density at radius 2 is 1.59 bits per heavy atom. The zero-order valence-corrected chi connectivity index (χ0v) is 23.0. The van der Waals surface area contributed by atoms with E-state index in [1.807, 2.05) is 39.8 Å². The molecule has 0 aliphatic carbocycles. The van der Waals surface area contributed by atoms with Crippen LogP contribution in [-0.2, 0) is 10.0 Å². The molecular formula is C28H35N3O5S. The summed E-state index contributed by atoms with van der Waals surface area (Å²) >= 11 is 0. The first kappa shape index (κ1) is 27.9. The van der Waals surface area contributed by atoms with Crippen LogP contribution in [0, 0.1) is 13.8 Å². The molecule has 0 atom stereocenters. The number of anilines is 2. The fourth-order valence-electron chi connectivity index (χ4n) is 4.06. The molecule has 8 nitrogen and oxygen atoms in total. The number of hydrogen-bond acceptors (Lipinski definition) is 6. The Bertz CT molecular complexity index is 1370. The third kappa shape index (κ3) is 6.74. The number of sulfonamides is 1. The summed E-state index contributed by atoms with van der Waals surface area (Å²) in [7, 11) is -0.974. The lowest BCUT2D eigenvalue weighted by molar-refractivity contribution is 0.0952. The number of methoxy groups -OCH3 is 2. The van der Waals surface area contributed by atoms with Gasteiger partial charge < -0.3 is 20.1 Å². The predicted molar refractivity (Wildman–Crippen MR) is 148 cm³/mol. The van der Waals surface area contributed by atoms with Gasteiger partial charge in [0.2, 0.25) is 0 Å². The maximum absolute atomic E-state index is 13.5. The van der Waals surface area contributed by atoms with Crippen molar-refractivity contribution in [2.75, 3.05) is 37.3 Å². The maximum atomic E-state index is 13.5. The van der Waals surface area contributed by atoms with Gasteiger partial charge in [0.05, 0.1) is 31.2 Å². The van der Waals surface area contributed by atoms with Gasteiger partial charge in [-0.25, -0.2) is 8.42 Å². The van der Waals surface area contributed by atoms with E-state index in [0.29, 0.717) is 35.8 Å². The molecule has 0 bridgehead atoms. The van der Waals surface area contributed by atoms with Crippen LogP contribution in [0.5, 0.6) is 11.5 Å². The predicted octanol–water partition coefficient (Wildman–Crippen LogP) is 5.09. The zero-order valence-electron chi connectivity index (χ0n) is 22.1. The molecule has 0 radical (unpaired) electrons. The standard InChI is InChI=1S/C28H35N3O5S/c1-18(2)22-17-27(26(36-6)16-20(22)4)37(33,34)31-23-12-11-19(3)15-24(23)29-13-14-30-28(32)21-9-7-8-10-25(21)35-5/h7-12,15-18,29,31H,13-14H2,1-6H3,(H,30,32). The molecule has 198 valence electrons. The van der Waals surface area contributed by atoms with Gasteiger partial charge in [-0.1, -0.05) is 32.0 Å². The van der Waals surface area contributed by atoms with Crippen LogP contribution in [0.15, 0.2) is 59.5 Å². The number of ether oxygens (including phenoxy) is 2. The molecule has 3 rings (SSSR count). The van der Waals surface area contributed by atoms with E-state index in [1.165, 1.54) is 14.2 Å². The number of hydrogen-bond donors (Lipinski definition) is 3. The van der Waals surface area contributed by atoms with Crippen LogP contribution in [0.2, 0.25) is 0 Å². The van der Waals surface area contributed by atoms with E-state index in [-0.39, 0.29) is 22.5 Å². The minimum atomic E-state index is -3.95. The third-order valence-electron chi connectivity index (χ3n) is 5.96. The van der Waals surface area contributed by atoms with Crippen molar-refractivity contribution in [2.45, 2.75) is 38.5 Å². The summed E-state index contributed by atoms with van der Waals surface area (Å²) in [4.78, 5) is 12.6. The lowest BCUT2D eigenvalue weighted by Crippen LogP contribution is -2.29. The highest BCUT2D eigenvalue weighted by atomic mass is 32.2. The number of amides is 1. The Morgan fingerprint density at radius 3 is 2.27 bits per heavy atom. The van der Waals surface area contributed by atoms with Crippen LogP contribution in [0.4, 0.5) is 11.4 Å². The van der Waals surface area contributed by atoms with Crippen molar-refractivity contribution in [3.05, 3.63) is 76.9 Å². The summed E-state index contributed by atoms with van der Waals surface area (Å²) < 4.78 is 40.3. The van der Waals surface area contributed by atoms with Gasteiger partial charge in [0.1, 0.15) is 16.4 Å². The molecule has 37 heavy (non-hydrogen) atoms. The van der Waals surface area contributed by atoms with Gasteiger partial charge in [-0.05, 0) is 72.9 Å². The number of para-hydroxylation sites is 1. The summed E-state index contributed by atoms with van der Waals surface area (Å²) in [5.41, 5.74) is 4.31. The molecule has 0 saturated heterocycles. The fourth-order valence-corrected chi connectivity index (χ4v) is 5.33. The highest BCUT2D eigenvalue weighted by molar-refractivity contribution is 7.92. The van der Waals surface area contributed by atoms with Gasteiger partial charge in [0.25, 0.3) is 15.9 Å². The molecule has 0 aliphatic heterocycles. The summed E-state index contributed by atoms with van der Waals surface area (Å²) in [6.07, 6.45) is 0. The monoisotopic (exact) mass is 525 g/mol. The van der Waals surface area contributed by atoms with Crippen molar-refractivity contribution in [3.8, 4) is 11.5 Å². The average molecular weight is 526 g/mol. The molecule has 0 saturated carbocycles. The Balaban J connectivity index is 1.77. The first-order chi connectivity index (χ1) is 17.6. The van der Waals surface area contributed by atoms with Crippen LogP contribution >= 0.6 is 0 Å². The molecule has 0 aliphatic rings. The normalized spacial score (nSPS) is 11.2. The van der Waals surface area contributed by atoms with Crippen molar-refractivity contribution in [3.63, 3.8) is 0 Å². The van der Waals surface area contributed by atoms with Crippen LogP contribution in [0.1, 0.15) is 46.8 Å². The maximum Gasteiger partial charge on any atom is 0.265 e. The summed E-state index contributed by atoms with van der Waals surface area (Å²) in [6, 6.07) is 15.8. The second-order valence-electron chi connectivity index (χ2n) is 9.05. The number of rotatable bonds is 11. The molecule has 3 aromatic rings. The van der Waals surface area contributed by atoms with E-state index >= 15 is 0 Å². The topological polar surface area (TPSA) is 106 Å². The molecule has 0 unspecified atom stereocenters. The Morgan fingerprint density at radius 1 is 0.892 bits per heavy atom. The summed E-state index contributed by atoms with van der Waals surface area (Å²) in [5, 5.41) is 6.08. The van der Waals surface area contributed by atoms with Crippen molar-refractivity contribution >= 4 is 27.3 Å². The smallest absolute Gasteiger partial charge is 0.265 e. The minimum Gasteiger partial charge on any atom is -0.496 e. The molecular weight excluding hydrogens is 490 g/mol. The Kier molecular flexibility index (Phi) is 9.04. The summed E-state index contributed by atoms with van der Waals surface area (Å²) in [6.45, 7) is 8.60. The first-order valence-corrected chi connectivity index (χ1v) is 13.5. The molecule has 0 heterocycles. The highest BCUT2D eigenvalue weighted by Gasteiger charge is 2.23. The number of benzene rings is 3. The fraction of sp³-hybridized carbons (Fsp3) is 0.321. The van der Waals surface area contributed by atoms with Crippen LogP contribution in [0.25, 0.3) is 0 Å². The number of carbonyl (C=O) groups is 1. The molecule has 1 amide bonds. The van der Waals surface area contributed by atoms with Crippen molar-refractivity contribution in [1.82, 2.24) is 5.32 Å². The van der Waals surface area contributed by atoms with Crippen LogP contribution in [0.3, 0.4) is 0 Å². The quantitative estimate of drug-likeness (QED) is 0.301.